The molecular formula is C12H14N4OS. The fourth-order valence-electron chi connectivity index (χ4n) is 1.49. The van der Waals surface area contributed by atoms with Gasteiger partial charge >= 0.3 is 0 Å². The molecule has 5 nitrogen and oxygen atoms in total. The van der Waals surface area contributed by atoms with Crippen molar-refractivity contribution in [3.63, 3.8) is 0 Å². The number of amidine groups is 1. The van der Waals surface area contributed by atoms with Gasteiger partial charge in [-0.05, 0) is 18.2 Å². The monoisotopic (exact) mass is 262 g/mol. The molecule has 0 saturated heterocycles. The third-order valence-electron chi connectivity index (χ3n) is 2.46. The van der Waals surface area contributed by atoms with Gasteiger partial charge in [0.2, 0.25) is 0 Å². The molecule has 0 unspecified atom stereocenters. The van der Waals surface area contributed by atoms with Crippen LogP contribution in [0.4, 0.5) is 0 Å². The van der Waals surface area contributed by atoms with E-state index in [-0.39, 0.29) is 5.84 Å². The topological polar surface area (TPSA) is 76.9 Å². The lowest BCUT2D eigenvalue weighted by molar-refractivity contribution is 0.413. The first-order valence-corrected chi connectivity index (χ1v) is 6.11. The highest BCUT2D eigenvalue weighted by molar-refractivity contribution is 7.99. The Morgan fingerprint density at radius 3 is 2.83 bits per heavy atom. The summed E-state index contributed by atoms with van der Waals surface area (Å²) in [5, 5.41) is 8.42. The molecule has 0 radical (unpaired) electrons. The van der Waals surface area contributed by atoms with Gasteiger partial charge < -0.3 is 15.0 Å². The summed E-state index contributed by atoms with van der Waals surface area (Å²) in [4.78, 5) is 5.10. The molecule has 1 aromatic carbocycles. The Hall–Kier alpha value is -1.95. The van der Waals surface area contributed by atoms with Gasteiger partial charge in [0.25, 0.3) is 0 Å². The fraction of sp³-hybridized carbons (Fsp3) is 0.167. The fourth-order valence-corrected chi connectivity index (χ4v) is 2.46. The first kappa shape index (κ1) is 12.5. The van der Waals surface area contributed by atoms with Gasteiger partial charge in [0.05, 0.1) is 7.11 Å². The van der Waals surface area contributed by atoms with E-state index in [4.69, 9.17) is 15.9 Å². The summed E-state index contributed by atoms with van der Waals surface area (Å²) in [7, 11) is 3.53. The van der Waals surface area contributed by atoms with Gasteiger partial charge in [-0.2, -0.15) is 0 Å². The minimum Gasteiger partial charge on any atom is -0.497 e. The predicted molar refractivity (Wildman–Crippen MR) is 71.3 cm³/mol. The zero-order valence-corrected chi connectivity index (χ0v) is 11.0. The molecule has 2 aromatic rings. The highest BCUT2D eigenvalue weighted by Crippen LogP contribution is 2.31. The van der Waals surface area contributed by atoms with E-state index in [0.29, 0.717) is 5.56 Å². The molecule has 0 amide bonds. The van der Waals surface area contributed by atoms with Crippen molar-refractivity contribution in [3.05, 3.63) is 36.2 Å². The molecule has 18 heavy (non-hydrogen) atoms. The molecule has 0 aliphatic carbocycles. The quantitative estimate of drug-likeness (QED) is 0.651. The maximum absolute atomic E-state index is 7.58. The van der Waals surface area contributed by atoms with Gasteiger partial charge in [0.1, 0.15) is 11.6 Å². The highest BCUT2D eigenvalue weighted by Gasteiger charge is 2.11. The van der Waals surface area contributed by atoms with Gasteiger partial charge in [-0.25, -0.2) is 4.98 Å². The normalized spacial score (nSPS) is 10.3. The van der Waals surface area contributed by atoms with E-state index in [0.717, 1.165) is 15.8 Å². The van der Waals surface area contributed by atoms with Crippen LogP contribution in [0.3, 0.4) is 0 Å². The number of hydrogen-bond donors (Lipinski definition) is 2. The Kier molecular flexibility index (Phi) is 3.57. The number of benzene rings is 1. The van der Waals surface area contributed by atoms with Crippen LogP contribution < -0.4 is 10.5 Å². The third kappa shape index (κ3) is 2.48. The van der Waals surface area contributed by atoms with Gasteiger partial charge in [-0.15, -0.1) is 0 Å². The minimum atomic E-state index is 0.0364. The zero-order chi connectivity index (χ0) is 13.1. The van der Waals surface area contributed by atoms with E-state index in [1.807, 2.05) is 23.9 Å². The van der Waals surface area contributed by atoms with Crippen molar-refractivity contribution >= 4 is 17.6 Å². The van der Waals surface area contributed by atoms with E-state index < -0.39 is 0 Å². The summed E-state index contributed by atoms with van der Waals surface area (Å²) in [6, 6.07) is 5.43. The number of aromatic nitrogens is 2. The lowest BCUT2D eigenvalue weighted by atomic mass is 10.2. The van der Waals surface area contributed by atoms with E-state index in [1.54, 1.807) is 25.4 Å². The molecule has 0 saturated carbocycles. The molecule has 1 heterocycles. The number of nitrogens with one attached hydrogen (secondary N) is 1. The van der Waals surface area contributed by atoms with Gasteiger partial charge in [0, 0.05) is 29.9 Å². The smallest absolute Gasteiger partial charge is 0.172 e. The van der Waals surface area contributed by atoms with Crippen LogP contribution in [0.2, 0.25) is 0 Å². The number of nitrogen functional groups attached to an aromatic ring is 1. The summed E-state index contributed by atoms with van der Waals surface area (Å²) in [6.07, 6.45) is 3.60. The van der Waals surface area contributed by atoms with Crippen LogP contribution >= 0.6 is 11.8 Å². The summed E-state index contributed by atoms with van der Waals surface area (Å²) >= 11 is 1.46. The highest BCUT2D eigenvalue weighted by atomic mass is 32.2. The van der Waals surface area contributed by atoms with E-state index in [1.165, 1.54) is 11.8 Å². The zero-order valence-electron chi connectivity index (χ0n) is 10.2. The SMILES string of the molecule is COc1ccc(C(=N)N)c(Sc2nccn2C)c1. The number of nitrogens with zero attached hydrogens (tertiary/aromatic N) is 2. The van der Waals surface area contributed by atoms with Gasteiger partial charge in [-0.3, -0.25) is 5.41 Å². The average Bonchev–Trinajstić information content (AvgIpc) is 2.74. The first-order chi connectivity index (χ1) is 8.61. The summed E-state index contributed by atoms with van der Waals surface area (Å²) in [6.45, 7) is 0. The van der Waals surface area contributed by atoms with Gasteiger partial charge in [-0.1, -0.05) is 11.8 Å². The van der Waals surface area contributed by atoms with Crippen molar-refractivity contribution in [1.29, 1.82) is 5.41 Å². The molecule has 0 aliphatic rings. The first-order valence-electron chi connectivity index (χ1n) is 5.29. The minimum absolute atomic E-state index is 0.0364. The molecule has 3 N–H and O–H groups in total. The molecule has 0 bridgehead atoms. The number of methoxy groups -OCH3 is 1. The van der Waals surface area contributed by atoms with Crippen LogP contribution in [0.1, 0.15) is 5.56 Å². The average molecular weight is 262 g/mol. The largest absolute Gasteiger partial charge is 0.497 e. The molecule has 94 valence electrons. The maximum atomic E-state index is 7.58. The third-order valence-corrected chi connectivity index (χ3v) is 3.59. The number of hydrogen-bond acceptors (Lipinski definition) is 4. The molecule has 6 heteroatoms. The van der Waals surface area contributed by atoms with Crippen LogP contribution in [0.15, 0.2) is 40.6 Å². The second-order valence-corrected chi connectivity index (χ2v) is 4.71. The van der Waals surface area contributed by atoms with Crippen LogP contribution in [0, 0.1) is 5.41 Å². The number of rotatable bonds is 4. The number of imidazole rings is 1. The second-order valence-electron chi connectivity index (χ2n) is 3.70. The Labute approximate surface area is 109 Å². The van der Waals surface area contributed by atoms with Crippen LogP contribution in [0.5, 0.6) is 5.75 Å². The molecule has 0 spiro atoms. The molecule has 0 fully saturated rings. The number of ether oxygens (including phenoxy) is 1. The standard InChI is InChI=1S/C12H14N4OS/c1-16-6-5-15-12(16)18-10-7-8(17-2)3-4-9(10)11(13)14/h3-7H,1-2H3,(H3,13,14). The second kappa shape index (κ2) is 5.14. The molecule has 0 atom stereocenters. The van der Waals surface area contributed by atoms with E-state index in [9.17, 15) is 0 Å². The van der Waals surface area contributed by atoms with Crippen molar-refractivity contribution in [2.45, 2.75) is 10.1 Å². The lowest BCUT2D eigenvalue weighted by Crippen LogP contribution is -2.12. The Bertz CT molecular complexity index is 579. The van der Waals surface area contributed by atoms with E-state index in [2.05, 4.69) is 4.98 Å². The molecule has 1 aromatic heterocycles. The van der Waals surface area contributed by atoms with Crippen molar-refractivity contribution in [1.82, 2.24) is 9.55 Å². The van der Waals surface area contributed by atoms with Crippen molar-refractivity contribution in [3.8, 4) is 5.75 Å². The van der Waals surface area contributed by atoms with E-state index >= 15 is 0 Å². The van der Waals surface area contributed by atoms with Crippen molar-refractivity contribution < 1.29 is 4.74 Å². The Balaban J connectivity index is 2.41. The number of aryl methyl sites for hydroxylation is 1. The number of nitrogens with two attached hydrogens (primary N) is 1. The van der Waals surface area contributed by atoms with Crippen molar-refractivity contribution in [2.24, 2.45) is 12.8 Å². The maximum Gasteiger partial charge on any atom is 0.172 e. The van der Waals surface area contributed by atoms with Crippen LogP contribution in [0.25, 0.3) is 0 Å². The van der Waals surface area contributed by atoms with Crippen LogP contribution in [-0.4, -0.2) is 22.5 Å². The summed E-state index contributed by atoms with van der Waals surface area (Å²) in [5.74, 6) is 0.770. The molecule has 2 rings (SSSR count). The Morgan fingerprint density at radius 2 is 2.28 bits per heavy atom. The lowest BCUT2D eigenvalue weighted by Gasteiger charge is -2.09. The summed E-state index contributed by atoms with van der Waals surface area (Å²) < 4.78 is 7.10. The Morgan fingerprint density at radius 1 is 1.50 bits per heavy atom. The van der Waals surface area contributed by atoms with Gasteiger partial charge in [0.15, 0.2) is 5.16 Å². The summed E-state index contributed by atoms with van der Waals surface area (Å²) in [5.41, 5.74) is 6.26. The molecule has 0 aliphatic heterocycles. The molecular weight excluding hydrogens is 248 g/mol. The van der Waals surface area contributed by atoms with Crippen molar-refractivity contribution in [2.75, 3.05) is 7.11 Å². The predicted octanol–water partition coefficient (Wildman–Crippen LogP) is 1.86. The van der Waals surface area contributed by atoms with Crippen LogP contribution in [-0.2, 0) is 7.05 Å².